The summed E-state index contributed by atoms with van der Waals surface area (Å²) in [6.45, 7) is 3.85. The summed E-state index contributed by atoms with van der Waals surface area (Å²) in [5.74, 6) is 0. The van der Waals surface area contributed by atoms with E-state index in [2.05, 4.69) is 9.97 Å². The van der Waals surface area contributed by atoms with Crippen LogP contribution in [0.2, 0.25) is 0 Å². The van der Waals surface area contributed by atoms with E-state index in [0.717, 1.165) is 24.2 Å². The summed E-state index contributed by atoms with van der Waals surface area (Å²) < 4.78 is 0. The van der Waals surface area contributed by atoms with Crippen LogP contribution in [0.5, 0.6) is 0 Å². The van der Waals surface area contributed by atoms with Crippen LogP contribution in [0.25, 0.3) is 0 Å². The summed E-state index contributed by atoms with van der Waals surface area (Å²) in [5.41, 5.74) is 2.12. The summed E-state index contributed by atoms with van der Waals surface area (Å²) in [6.07, 6.45) is 3.55. The van der Waals surface area contributed by atoms with E-state index in [1.807, 2.05) is 13.8 Å². The molecule has 0 bridgehead atoms. The molecule has 0 saturated heterocycles. The summed E-state index contributed by atoms with van der Waals surface area (Å²) in [7, 11) is 0. The molecular formula is C9H14N2O. The van der Waals surface area contributed by atoms with Crippen LogP contribution in [-0.2, 0) is 5.41 Å². The SMILES string of the molecule is Cc1[nH]cnc1C1(C(C)O)CC1. The Kier molecular flexibility index (Phi) is 1.51. The predicted molar refractivity (Wildman–Crippen MR) is 45.9 cm³/mol. The highest BCUT2D eigenvalue weighted by molar-refractivity contribution is 5.29. The molecular weight excluding hydrogens is 152 g/mol. The van der Waals surface area contributed by atoms with Crippen LogP contribution in [0.1, 0.15) is 31.2 Å². The molecule has 2 N–H and O–H groups in total. The molecule has 1 aliphatic rings. The maximum absolute atomic E-state index is 9.59. The molecule has 0 aliphatic heterocycles. The number of aliphatic hydroxyl groups is 1. The van der Waals surface area contributed by atoms with Crippen molar-refractivity contribution in [1.82, 2.24) is 9.97 Å². The summed E-state index contributed by atoms with van der Waals surface area (Å²) in [4.78, 5) is 7.30. The van der Waals surface area contributed by atoms with E-state index in [9.17, 15) is 5.11 Å². The summed E-state index contributed by atoms with van der Waals surface area (Å²) in [6, 6.07) is 0. The number of nitrogens with one attached hydrogen (secondary N) is 1. The Balaban J connectivity index is 2.36. The average molecular weight is 166 g/mol. The maximum Gasteiger partial charge on any atom is 0.0925 e. The molecule has 0 amide bonds. The van der Waals surface area contributed by atoms with Gasteiger partial charge in [0.2, 0.25) is 0 Å². The number of nitrogens with zero attached hydrogens (tertiary/aromatic N) is 1. The normalized spacial score (nSPS) is 22.2. The molecule has 1 atom stereocenters. The van der Waals surface area contributed by atoms with Crippen molar-refractivity contribution >= 4 is 0 Å². The molecule has 3 heteroatoms. The van der Waals surface area contributed by atoms with Crippen LogP contribution in [0.4, 0.5) is 0 Å². The lowest BCUT2D eigenvalue weighted by Crippen LogP contribution is -2.23. The van der Waals surface area contributed by atoms with Crippen molar-refractivity contribution in [1.29, 1.82) is 0 Å². The van der Waals surface area contributed by atoms with E-state index in [1.54, 1.807) is 6.33 Å². The number of aromatic nitrogens is 2. The molecule has 66 valence electrons. The first kappa shape index (κ1) is 7.80. The number of H-pyrrole nitrogens is 1. The standard InChI is InChI=1S/C9H14N2O/c1-6-8(11-5-10-6)9(3-4-9)7(2)12/h5,7,12H,3-4H2,1-2H3,(H,10,11). The molecule has 1 aliphatic carbocycles. The third-order valence-corrected chi connectivity index (χ3v) is 2.89. The zero-order valence-electron chi connectivity index (χ0n) is 7.46. The number of aliphatic hydroxyl groups excluding tert-OH is 1. The fourth-order valence-corrected chi connectivity index (χ4v) is 1.85. The van der Waals surface area contributed by atoms with Crippen molar-refractivity contribution in [2.24, 2.45) is 0 Å². The Morgan fingerprint density at radius 1 is 1.67 bits per heavy atom. The molecule has 0 radical (unpaired) electrons. The predicted octanol–water partition coefficient (Wildman–Crippen LogP) is 1.13. The first-order chi connectivity index (χ1) is 5.67. The summed E-state index contributed by atoms with van der Waals surface area (Å²) in [5, 5.41) is 9.59. The second kappa shape index (κ2) is 2.33. The van der Waals surface area contributed by atoms with Gasteiger partial charge in [-0.25, -0.2) is 4.98 Å². The lowest BCUT2D eigenvalue weighted by atomic mass is 9.95. The monoisotopic (exact) mass is 166 g/mol. The molecule has 1 aromatic heterocycles. The zero-order chi connectivity index (χ0) is 8.77. The number of aryl methyl sites for hydroxylation is 1. The number of hydrogen-bond donors (Lipinski definition) is 2. The smallest absolute Gasteiger partial charge is 0.0925 e. The van der Waals surface area contributed by atoms with Gasteiger partial charge in [-0.3, -0.25) is 0 Å². The zero-order valence-corrected chi connectivity index (χ0v) is 7.46. The van der Waals surface area contributed by atoms with Gasteiger partial charge < -0.3 is 10.1 Å². The van der Waals surface area contributed by atoms with Crippen molar-refractivity contribution in [3.8, 4) is 0 Å². The largest absolute Gasteiger partial charge is 0.392 e. The van der Waals surface area contributed by atoms with E-state index >= 15 is 0 Å². The highest BCUT2D eigenvalue weighted by Crippen LogP contribution is 2.50. The van der Waals surface area contributed by atoms with Gasteiger partial charge in [0.05, 0.1) is 18.1 Å². The number of hydrogen-bond acceptors (Lipinski definition) is 2. The maximum atomic E-state index is 9.59. The molecule has 0 spiro atoms. The number of aromatic amines is 1. The van der Waals surface area contributed by atoms with Gasteiger partial charge in [-0.1, -0.05) is 0 Å². The minimum absolute atomic E-state index is 0.0237. The topological polar surface area (TPSA) is 48.9 Å². The van der Waals surface area contributed by atoms with Gasteiger partial charge in [0.15, 0.2) is 0 Å². The Labute approximate surface area is 71.8 Å². The third kappa shape index (κ3) is 0.894. The van der Waals surface area contributed by atoms with Gasteiger partial charge >= 0.3 is 0 Å². The second-order valence-corrected chi connectivity index (χ2v) is 3.71. The first-order valence-corrected chi connectivity index (χ1v) is 4.35. The molecule has 1 aromatic rings. The summed E-state index contributed by atoms with van der Waals surface area (Å²) >= 11 is 0. The van der Waals surface area contributed by atoms with Crippen molar-refractivity contribution < 1.29 is 5.11 Å². The molecule has 2 rings (SSSR count). The van der Waals surface area contributed by atoms with Gasteiger partial charge in [0, 0.05) is 11.1 Å². The molecule has 1 fully saturated rings. The fourth-order valence-electron chi connectivity index (χ4n) is 1.85. The molecule has 1 heterocycles. The van der Waals surface area contributed by atoms with Gasteiger partial charge in [0.1, 0.15) is 0 Å². The van der Waals surface area contributed by atoms with Gasteiger partial charge in [-0.15, -0.1) is 0 Å². The van der Waals surface area contributed by atoms with E-state index in [1.165, 1.54) is 0 Å². The van der Waals surface area contributed by atoms with E-state index < -0.39 is 0 Å². The number of imidazole rings is 1. The van der Waals surface area contributed by atoms with Crippen molar-refractivity contribution in [2.45, 2.75) is 38.2 Å². The van der Waals surface area contributed by atoms with Gasteiger partial charge in [0.25, 0.3) is 0 Å². The van der Waals surface area contributed by atoms with Crippen LogP contribution >= 0.6 is 0 Å². The van der Waals surface area contributed by atoms with Crippen LogP contribution in [0.15, 0.2) is 6.33 Å². The Bertz CT molecular complexity index is 286. The number of rotatable bonds is 2. The van der Waals surface area contributed by atoms with Crippen molar-refractivity contribution in [3.05, 3.63) is 17.7 Å². The Hall–Kier alpha value is -0.830. The van der Waals surface area contributed by atoms with Crippen LogP contribution in [-0.4, -0.2) is 21.2 Å². The van der Waals surface area contributed by atoms with Gasteiger partial charge in [-0.05, 0) is 26.7 Å². The van der Waals surface area contributed by atoms with Crippen molar-refractivity contribution in [2.75, 3.05) is 0 Å². The first-order valence-electron chi connectivity index (χ1n) is 4.35. The van der Waals surface area contributed by atoms with E-state index in [0.29, 0.717) is 0 Å². The molecule has 1 unspecified atom stereocenters. The molecule has 1 saturated carbocycles. The van der Waals surface area contributed by atoms with Gasteiger partial charge in [-0.2, -0.15) is 0 Å². The molecule has 0 aromatic carbocycles. The van der Waals surface area contributed by atoms with Crippen LogP contribution in [0.3, 0.4) is 0 Å². The minimum Gasteiger partial charge on any atom is -0.392 e. The molecule has 3 nitrogen and oxygen atoms in total. The van der Waals surface area contributed by atoms with Crippen molar-refractivity contribution in [3.63, 3.8) is 0 Å². The average Bonchev–Trinajstić information content (AvgIpc) is 2.71. The minimum atomic E-state index is -0.278. The van der Waals surface area contributed by atoms with Crippen LogP contribution < -0.4 is 0 Å². The fraction of sp³-hybridized carbons (Fsp3) is 0.667. The Morgan fingerprint density at radius 3 is 2.67 bits per heavy atom. The second-order valence-electron chi connectivity index (χ2n) is 3.71. The lowest BCUT2D eigenvalue weighted by Gasteiger charge is -2.16. The Morgan fingerprint density at radius 2 is 2.33 bits per heavy atom. The third-order valence-electron chi connectivity index (χ3n) is 2.89. The molecule has 12 heavy (non-hydrogen) atoms. The highest BCUT2D eigenvalue weighted by Gasteiger charge is 2.50. The quantitative estimate of drug-likeness (QED) is 0.692. The van der Waals surface area contributed by atoms with E-state index in [-0.39, 0.29) is 11.5 Å². The van der Waals surface area contributed by atoms with Crippen LogP contribution in [0, 0.1) is 6.92 Å². The lowest BCUT2D eigenvalue weighted by molar-refractivity contribution is 0.148. The van der Waals surface area contributed by atoms with E-state index in [4.69, 9.17) is 0 Å². The highest BCUT2D eigenvalue weighted by atomic mass is 16.3.